The fraction of sp³-hybridized carbons (Fsp3) is 0.764. The molecule has 0 aliphatic heterocycles. The van der Waals surface area contributed by atoms with Crippen molar-refractivity contribution in [3.8, 4) is 0 Å². The second kappa shape index (κ2) is 49.8. The number of unbranched alkanes of at least 4 members (excludes halogenated alkanes) is 25. The van der Waals surface area contributed by atoms with Crippen LogP contribution in [0.5, 0.6) is 0 Å². The predicted octanol–water partition coefficient (Wildman–Crippen LogP) is 16.9. The van der Waals surface area contributed by atoms with E-state index in [1.165, 1.54) is 122 Å². The fourth-order valence-electron chi connectivity index (χ4n) is 7.05. The van der Waals surface area contributed by atoms with Crippen LogP contribution in [0.3, 0.4) is 0 Å². The minimum Gasteiger partial charge on any atom is -0.462 e. The molecule has 0 saturated carbocycles. The molecule has 0 radical (unpaired) electrons. The van der Waals surface area contributed by atoms with Crippen molar-refractivity contribution in [2.75, 3.05) is 13.2 Å². The van der Waals surface area contributed by atoms with Gasteiger partial charge < -0.3 is 14.2 Å². The molecule has 0 N–H and O–H groups in total. The van der Waals surface area contributed by atoms with Crippen LogP contribution in [-0.2, 0) is 28.6 Å². The maximum absolute atomic E-state index is 12.8. The Labute approximate surface area is 377 Å². The third-order valence-electron chi connectivity index (χ3n) is 11.0. The Morgan fingerprint density at radius 1 is 0.328 bits per heavy atom. The number of carbonyl (C=O) groups is 3. The minimum absolute atomic E-state index is 0.0880. The molecule has 0 aromatic rings. The summed E-state index contributed by atoms with van der Waals surface area (Å²) in [5, 5.41) is 0. The Kier molecular flexibility index (Phi) is 47.4. The highest BCUT2D eigenvalue weighted by Gasteiger charge is 2.19. The van der Waals surface area contributed by atoms with E-state index in [2.05, 4.69) is 81.5 Å². The van der Waals surface area contributed by atoms with Crippen LogP contribution < -0.4 is 0 Å². The molecule has 0 bridgehead atoms. The summed E-state index contributed by atoms with van der Waals surface area (Å²) in [5.74, 6) is -0.926. The van der Waals surface area contributed by atoms with Crippen LogP contribution in [0.15, 0.2) is 60.8 Å². The smallest absolute Gasteiger partial charge is 0.306 e. The maximum atomic E-state index is 12.8. The van der Waals surface area contributed by atoms with E-state index in [4.69, 9.17) is 14.2 Å². The largest absolute Gasteiger partial charge is 0.462 e. The molecular formula is C55H96O6. The molecule has 0 amide bonds. The first kappa shape index (κ1) is 58.1. The fourth-order valence-corrected chi connectivity index (χ4v) is 7.05. The molecule has 0 rings (SSSR count). The highest BCUT2D eigenvalue weighted by molar-refractivity contribution is 5.71. The van der Waals surface area contributed by atoms with E-state index < -0.39 is 6.10 Å². The molecule has 0 aliphatic carbocycles. The van der Waals surface area contributed by atoms with Crippen LogP contribution >= 0.6 is 0 Å². The lowest BCUT2D eigenvalue weighted by Crippen LogP contribution is -2.30. The van der Waals surface area contributed by atoms with Gasteiger partial charge in [0, 0.05) is 19.3 Å². The first-order valence-electron chi connectivity index (χ1n) is 25.8. The van der Waals surface area contributed by atoms with E-state index in [9.17, 15) is 14.4 Å². The van der Waals surface area contributed by atoms with Gasteiger partial charge >= 0.3 is 17.9 Å². The van der Waals surface area contributed by atoms with Crippen LogP contribution in [0.4, 0.5) is 0 Å². The number of allylic oxidation sites excluding steroid dienone is 10. The van der Waals surface area contributed by atoms with Crippen molar-refractivity contribution < 1.29 is 28.6 Å². The lowest BCUT2D eigenvalue weighted by Gasteiger charge is -2.18. The molecule has 6 nitrogen and oxygen atoms in total. The molecular weight excluding hydrogens is 757 g/mol. The van der Waals surface area contributed by atoms with Gasteiger partial charge in [-0.3, -0.25) is 14.4 Å². The van der Waals surface area contributed by atoms with Crippen LogP contribution in [-0.4, -0.2) is 37.2 Å². The number of ether oxygens (including phenoxy) is 3. The van der Waals surface area contributed by atoms with E-state index in [-0.39, 0.29) is 31.1 Å². The van der Waals surface area contributed by atoms with Crippen molar-refractivity contribution in [1.82, 2.24) is 0 Å². The first-order chi connectivity index (χ1) is 30.0. The van der Waals surface area contributed by atoms with Gasteiger partial charge in [0.1, 0.15) is 13.2 Å². The predicted molar refractivity (Wildman–Crippen MR) is 261 cm³/mol. The highest BCUT2D eigenvalue weighted by atomic mass is 16.6. The Balaban J connectivity index is 4.43. The summed E-state index contributed by atoms with van der Waals surface area (Å²) in [6, 6.07) is 0. The normalized spacial score (nSPS) is 12.5. The zero-order valence-electron chi connectivity index (χ0n) is 40.2. The molecule has 0 aromatic carbocycles. The summed E-state index contributed by atoms with van der Waals surface area (Å²) in [7, 11) is 0. The molecule has 0 fully saturated rings. The quantitative estimate of drug-likeness (QED) is 0.0263. The number of carbonyl (C=O) groups excluding carboxylic acids is 3. The van der Waals surface area contributed by atoms with Crippen molar-refractivity contribution in [3.05, 3.63) is 60.8 Å². The summed E-state index contributed by atoms with van der Waals surface area (Å²) in [6.45, 7) is 6.54. The van der Waals surface area contributed by atoms with Crippen LogP contribution in [0.2, 0.25) is 0 Å². The van der Waals surface area contributed by atoms with Crippen molar-refractivity contribution in [3.63, 3.8) is 0 Å². The summed E-state index contributed by atoms with van der Waals surface area (Å²) >= 11 is 0. The third-order valence-corrected chi connectivity index (χ3v) is 11.0. The molecule has 0 heterocycles. The summed E-state index contributed by atoms with van der Waals surface area (Å²) in [4.78, 5) is 37.9. The molecule has 0 spiro atoms. The van der Waals surface area contributed by atoms with Crippen LogP contribution in [0.1, 0.15) is 252 Å². The summed E-state index contributed by atoms with van der Waals surface area (Å²) in [5.41, 5.74) is 0. The van der Waals surface area contributed by atoms with E-state index in [0.29, 0.717) is 19.3 Å². The lowest BCUT2D eigenvalue weighted by atomic mass is 10.0. The van der Waals surface area contributed by atoms with Gasteiger partial charge in [-0.05, 0) is 83.5 Å². The van der Waals surface area contributed by atoms with Gasteiger partial charge in [0.15, 0.2) is 6.10 Å². The Morgan fingerprint density at radius 2 is 0.607 bits per heavy atom. The molecule has 6 heteroatoms. The van der Waals surface area contributed by atoms with Gasteiger partial charge in [-0.2, -0.15) is 0 Å². The third kappa shape index (κ3) is 48.0. The van der Waals surface area contributed by atoms with Gasteiger partial charge in [0.2, 0.25) is 0 Å². The molecule has 0 saturated heterocycles. The molecule has 0 aromatic heterocycles. The average Bonchev–Trinajstić information content (AvgIpc) is 3.26. The monoisotopic (exact) mass is 853 g/mol. The Hall–Kier alpha value is -2.89. The summed E-state index contributed by atoms with van der Waals surface area (Å²) in [6.07, 6.45) is 60.6. The second-order valence-corrected chi connectivity index (χ2v) is 17.1. The maximum Gasteiger partial charge on any atom is 0.306 e. The Bertz CT molecular complexity index is 1120. The molecule has 0 unspecified atom stereocenters. The van der Waals surface area contributed by atoms with Crippen molar-refractivity contribution in [2.45, 2.75) is 258 Å². The zero-order valence-corrected chi connectivity index (χ0v) is 40.2. The Morgan fingerprint density at radius 3 is 1.03 bits per heavy atom. The van der Waals surface area contributed by atoms with E-state index >= 15 is 0 Å². The first-order valence-corrected chi connectivity index (χ1v) is 25.8. The van der Waals surface area contributed by atoms with Crippen molar-refractivity contribution >= 4 is 17.9 Å². The van der Waals surface area contributed by atoms with Crippen molar-refractivity contribution in [2.24, 2.45) is 0 Å². The number of hydrogen-bond acceptors (Lipinski definition) is 6. The van der Waals surface area contributed by atoms with Gasteiger partial charge in [-0.25, -0.2) is 0 Å². The van der Waals surface area contributed by atoms with Crippen LogP contribution in [0, 0.1) is 0 Å². The van der Waals surface area contributed by atoms with E-state index in [1.54, 1.807) is 0 Å². The van der Waals surface area contributed by atoms with Crippen molar-refractivity contribution in [1.29, 1.82) is 0 Å². The average molecular weight is 853 g/mol. The number of esters is 3. The van der Waals surface area contributed by atoms with E-state index in [1.807, 2.05) is 0 Å². The molecule has 1 atom stereocenters. The zero-order chi connectivity index (χ0) is 44.4. The lowest BCUT2D eigenvalue weighted by molar-refractivity contribution is -0.167. The number of rotatable bonds is 46. The minimum atomic E-state index is -0.791. The highest BCUT2D eigenvalue weighted by Crippen LogP contribution is 2.14. The number of hydrogen-bond donors (Lipinski definition) is 0. The summed E-state index contributed by atoms with van der Waals surface area (Å²) < 4.78 is 16.7. The van der Waals surface area contributed by atoms with Gasteiger partial charge in [0.25, 0.3) is 0 Å². The van der Waals surface area contributed by atoms with Gasteiger partial charge in [-0.1, -0.05) is 210 Å². The van der Waals surface area contributed by atoms with Crippen LogP contribution in [0.25, 0.3) is 0 Å². The SMILES string of the molecule is CCCC/C=C\CCCCCCCC(=O)OC[C@H](COC(=O)CCCCCCCCCCCCCCC)OC(=O)CCCCC/C=C\C/C=C\C/C=C\C/C=C\CCCCC. The van der Waals surface area contributed by atoms with Gasteiger partial charge in [0.05, 0.1) is 0 Å². The second-order valence-electron chi connectivity index (χ2n) is 17.1. The van der Waals surface area contributed by atoms with Gasteiger partial charge in [-0.15, -0.1) is 0 Å². The molecule has 61 heavy (non-hydrogen) atoms. The topological polar surface area (TPSA) is 78.9 Å². The molecule has 352 valence electrons. The standard InChI is InChI=1S/C55H96O6/c1-4-7-10-13-16-19-22-24-25-26-27-28-29-31-34-37-40-43-46-49-55(58)61-52(50-59-53(56)47-44-41-38-35-32-21-18-15-12-9-6-3)51-60-54(57)48-45-42-39-36-33-30-23-20-17-14-11-8-5-2/h15-16,18-19,24-25,27-28,31,34,52H,4-14,17,20-23,26,29-30,32-33,35-51H2,1-3H3/b18-15-,19-16-,25-24-,28-27-,34-31-/t52-/m1/s1. The molecule has 0 aliphatic rings. The van der Waals surface area contributed by atoms with E-state index in [0.717, 1.165) is 89.9 Å².